The zero-order valence-corrected chi connectivity index (χ0v) is 19.7. The highest BCUT2D eigenvalue weighted by molar-refractivity contribution is 6.31. The number of carbonyl (C=O) groups excluding carboxylic acids is 1. The minimum Gasteiger partial charge on any atom is -0.493 e. The van der Waals surface area contributed by atoms with Crippen molar-refractivity contribution in [3.63, 3.8) is 0 Å². The minimum absolute atomic E-state index is 0.194. The van der Waals surface area contributed by atoms with Crippen LogP contribution in [0.5, 0.6) is 5.75 Å². The van der Waals surface area contributed by atoms with Crippen LogP contribution in [0.4, 0.5) is 0 Å². The summed E-state index contributed by atoms with van der Waals surface area (Å²) in [6.07, 6.45) is 3.36. The SMILES string of the molecule is CCOc1cc2occ(-c3ccc(C)cc3)c2cc1/C(C)=C/C(=O)NCc1ccccc1Cl. The lowest BCUT2D eigenvalue weighted by Crippen LogP contribution is -2.20. The molecule has 0 aliphatic rings. The van der Waals surface area contributed by atoms with E-state index in [1.807, 2.05) is 50.2 Å². The fourth-order valence-electron chi connectivity index (χ4n) is 3.74. The highest BCUT2D eigenvalue weighted by Crippen LogP contribution is 2.37. The predicted molar refractivity (Wildman–Crippen MR) is 135 cm³/mol. The Labute approximate surface area is 198 Å². The van der Waals surface area contributed by atoms with Gasteiger partial charge in [-0.3, -0.25) is 4.79 Å². The van der Waals surface area contributed by atoms with Gasteiger partial charge in [0.25, 0.3) is 0 Å². The van der Waals surface area contributed by atoms with Crippen molar-refractivity contribution in [3.8, 4) is 16.9 Å². The Kier molecular flexibility index (Phi) is 6.85. The number of nitrogens with one attached hydrogen (secondary N) is 1. The van der Waals surface area contributed by atoms with E-state index >= 15 is 0 Å². The van der Waals surface area contributed by atoms with Gasteiger partial charge in [0.05, 0.1) is 12.9 Å². The molecule has 4 nitrogen and oxygen atoms in total. The maximum absolute atomic E-state index is 12.6. The molecule has 1 N–H and O–H groups in total. The third-order valence-electron chi connectivity index (χ3n) is 5.52. The highest BCUT2D eigenvalue weighted by atomic mass is 35.5. The van der Waals surface area contributed by atoms with Gasteiger partial charge in [-0.2, -0.15) is 0 Å². The van der Waals surface area contributed by atoms with Crippen molar-refractivity contribution in [3.05, 3.63) is 94.7 Å². The normalized spacial score (nSPS) is 11.6. The summed E-state index contributed by atoms with van der Waals surface area (Å²) in [5, 5.41) is 4.51. The summed E-state index contributed by atoms with van der Waals surface area (Å²) in [6, 6.07) is 19.7. The van der Waals surface area contributed by atoms with Crippen LogP contribution in [0.2, 0.25) is 5.02 Å². The molecule has 4 aromatic rings. The molecule has 3 aromatic carbocycles. The van der Waals surface area contributed by atoms with Crippen molar-refractivity contribution >= 4 is 34.1 Å². The number of aryl methyl sites for hydroxylation is 1. The van der Waals surface area contributed by atoms with Crippen LogP contribution in [-0.2, 0) is 11.3 Å². The quantitative estimate of drug-likeness (QED) is 0.298. The average molecular weight is 460 g/mol. The summed E-state index contributed by atoms with van der Waals surface area (Å²) < 4.78 is 11.7. The Bertz CT molecular complexity index is 1320. The molecule has 5 heteroatoms. The first kappa shape index (κ1) is 22.7. The predicted octanol–water partition coefficient (Wildman–Crippen LogP) is 7.18. The lowest BCUT2D eigenvalue weighted by Gasteiger charge is -2.12. The molecular formula is C28H26ClNO3. The van der Waals surface area contributed by atoms with E-state index in [0.29, 0.717) is 23.9 Å². The molecule has 33 heavy (non-hydrogen) atoms. The van der Waals surface area contributed by atoms with Crippen molar-refractivity contribution < 1.29 is 13.9 Å². The van der Waals surface area contributed by atoms with Crippen molar-refractivity contribution in [1.82, 2.24) is 5.32 Å². The molecule has 0 saturated carbocycles. The maximum atomic E-state index is 12.6. The van der Waals surface area contributed by atoms with Crippen LogP contribution in [-0.4, -0.2) is 12.5 Å². The summed E-state index contributed by atoms with van der Waals surface area (Å²) in [5.41, 5.74) is 6.55. The minimum atomic E-state index is -0.194. The monoisotopic (exact) mass is 459 g/mol. The van der Waals surface area contributed by atoms with E-state index in [4.69, 9.17) is 20.8 Å². The Morgan fingerprint density at radius 2 is 1.88 bits per heavy atom. The molecule has 0 fully saturated rings. The molecule has 0 aliphatic heterocycles. The summed E-state index contributed by atoms with van der Waals surface area (Å²) >= 11 is 6.19. The number of hydrogen-bond acceptors (Lipinski definition) is 3. The van der Waals surface area contributed by atoms with E-state index in [-0.39, 0.29) is 5.91 Å². The molecule has 1 amide bonds. The number of rotatable bonds is 7. The van der Waals surface area contributed by atoms with Gasteiger partial charge in [-0.1, -0.05) is 59.6 Å². The van der Waals surface area contributed by atoms with Crippen molar-refractivity contribution in [2.75, 3.05) is 6.61 Å². The fraction of sp³-hybridized carbons (Fsp3) is 0.179. The molecule has 0 aliphatic carbocycles. The number of allylic oxidation sites excluding steroid dienone is 1. The Balaban J connectivity index is 1.66. The molecular weight excluding hydrogens is 434 g/mol. The van der Waals surface area contributed by atoms with Gasteiger partial charge in [0.15, 0.2) is 0 Å². The number of fused-ring (bicyclic) bond motifs is 1. The second kappa shape index (κ2) is 9.97. The van der Waals surface area contributed by atoms with Gasteiger partial charge in [0, 0.05) is 40.2 Å². The molecule has 0 atom stereocenters. The topological polar surface area (TPSA) is 51.5 Å². The van der Waals surface area contributed by atoms with Crippen LogP contribution in [0.25, 0.3) is 27.7 Å². The molecule has 1 heterocycles. The third kappa shape index (κ3) is 5.12. The lowest BCUT2D eigenvalue weighted by atomic mass is 9.98. The Hall–Kier alpha value is -3.50. The molecule has 4 rings (SSSR count). The molecule has 0 radical (unpaired) electrons. The van der Waals surface area contributed by atoms with Crippen molar-refractivity contribution in [2.45, 2.75) is 27.3 Å². The average Bonchev–Trinajstić information content (AvgIpc) is 3.21. The van der Waals surface area contributed by atoms with Crippen LogP contribution in [0.1, 0.15) is 30.5 Å². The number of halogens is 1. The summed E-state index contributed by atoms with van der Waals surface area (Å²) in [6.45, 7) is 6.78. The van der Waals surface area contributed by atoms with Gasteiger partial charge in [-0.15, -0.1) is 0 Å². The largest absolute Gasteiger partial charge is 0.493 e. The molecule has 0 spiro atoms. The zero-order chi connectivity index (χ0) is 23.4. The van der Waals surface area contributed by atoms with Crippen LogP contribution in [0, 0.1) is 6.92 Å². The standard InChI is InChI=1S/C28H26ClNO3/c1-4-32-26-15-27-23(24(17-33-27)20-11-9-18(2)10-12-20)14-22(26)19(3)13-28(31)30-16-21-7-5-6-8-25(21)29/h5-15,17H,4,16H2,1-3H3,(H,30,31)/b19-13+. The first-order chi connectivity index (χ1) is 16.0. The van der Waals surface area contributed by atoms with E-state index in [9.17, 15) is 4.79 Å². The number of carbonyl (C=O) groups is 1. The van der Waals surface area contributed by atoms with Gasteiger partial charge in [-0.05, 0) is 49.6 Å². The first-order valence-electron chi connectivity index (χ1n) is 10.9. The van der Waals surface area contributed by atoms with Gasteiger partial charge in [0.2, 0.25) is 5.91 Å². The van der Waals surface area contributed by atoms with Crippen LogP contribution in [0.15, 0.2) is 77.4 Å². The Morgan fingerprint density at radius 3 is 2.61 bits per heavy atom. The van der Waals surface area contributed by atoms with Gasteiger partial charge >= 0.3 is 0 Å². The summed E-state index contributed by atoms with van der Waals surface area (Å²) in [4.78, 5) is 12.6. The summed E-state index contributed by atoms with van der Waals surface area (Å²) in [5.74, 6) is 0.489. The molecule has 1 aromatic heterocycles. The van der Waals surface area contributed by atoms with E-state index < -0.39 is 0 Å². The van der Waals surface area contributed by atoms with E-state index in [0.717, 1.165) is 38.8 Å². The van der Waals surface area contributed by atoms with Crippen molar-refractivity contribution in [2.24, 2.45) is 0 Å². The number of benzene rings is 3. The van der Waals surface area contributed by atoms with E-state index in [1.165, 1.54) is 5.56 Å². The lowest BCUT2D eigenvalue weighted by molar-refractivity contribution is -0.116. The third-order valence-corrected chi connectivity index (χ3v) is 5.89. The van der Waals surface area contributed by atoms with E-state index in [2.05, 4.69) is 36.5 Å². The number of hydrogen-bond donors (Lipinski definition) is 1. The maximum Gasteiger partial charge on any atom is 0.244 e. The number of furan rings is 1. The Morgan fingerprint density at radius 1 is 1.12 bits per heavy atom. The number of amides is 1. The molecule has 0 saturated heterocycles. The van der Waals surface area contributed by atoms with Crippen LogP contribution < -0.4 is 10.1 Å². The first-order valence-corrected chi connectivity index (χ1v) is 11.3. The van der Waals surface area contributed by atoms with Crippen LogP contribution >= 0.6 is 11.6 Å². The van der Waals surface area contributed by atoms with Crippen molar-refractivity contribution in [1.29, 1.82) is 0 Å². The fourth-order valence-corrected chi connectivity index (χ4v) is 3.95. The summed E-state index contributed by atoms with van der Waals surface area (Å²) in [7, 11) is 0. The molecule has 0 bridgehead atoms. The second-order valence-electron chi connectivity index (χ2n) is 7.93. The second-order valence-corrected chi connectivity index (χ2v) is 8.34. The van der Waals surface area contributed by atoms with Gasteiger partial charge < -0.3 is 14.5 Å². The van der Waals surface area contributed by atoms with Gasteiger partial charge in [-0.25, -0.2) is 0 Å². The van der Waals surface area contributed by atoms with Crippen LogP contribution in [0.3, 0.4) is 0 Å². The van der Waals surface area contributed by atoms with E-state index in [1.54, 1.807) is 12.3 Å². The number of ether oxygens (including phenoxy) is 1. The zero-order valence-electron chi connectivity index (χ0n) is 18.9. The smallest absolute Gasteiger partial charge is 0.244 e. The highest BCUT2D eigenvalue weighted by Gasteiger charge is 2.15. The molecule has 168 valence electrons. The molecule has 0 unspecified atom stereocenters. The van der Waals surface area contributed by atoms with Gasteiger partial charge in [0.1, 0.15) is 11.3 Å².